The molecule has 0 N–H and O–H groups in total. The lowest BCUT2D eigenvalue weighted by Gasteiger charge is -2.38. The molecule has 2 aromatic rings. The Bertz CT molecular complexity index is 1040. The molecule has 1 amide bonds. The number of likely N-dealkylation sites (N-methyl/N-ethyl adjacent to an activating group) is 1. The highest BCUT2D eigenvalue weighted by Gasteiger charge is 2.39. The summed E-state index contributed by atoms with van der Waals surface area (Å²) in [7, 11) is -3.55. The number of hydrogen-bond donors (Lipinski definition) is 0. The van der Waals surface area contributed by atoms with Gasteiger partial charge in [0.05, 0.1) is 12.8 Å². The van der Waals surface area contributed by atoms with E-state index in [4.69, 9.17) is 9.47 Å². The van der Waals surface area contributed by atoms with Crippen molar-refractivity contribution in [1.29, 1.82) is 0 Å². The fraction of sp³-hybridized carbons (Fsp3) is 0.409. The molecular formula is C22H26N2O5S. The monoisotopic (exact) mass is 430 g/mol. The van der Waals surface area contributed by atoms with E-state index in [1.807, 2.05) is 55.5 Å². The molecule has 4 rings (SSSR count). The molecule has 2 unspecified atom stereocenters. The van der Waals surface area contributed by atoms with Crippen LogP contribution in [-0.2, 0) is 27.8 Å². The summed E-state index contributed by atoms with van der Waals surface area (Å²) in [6.07, 6.45) is 1.21. The highest BCUT2D eigenvalue weighted by atomic mass is 32.2. The van der Waals surface area contributed by atoms with Gasteiger partial charge in [-0.3, -0.25) is 4.79 Å². The summed E-state index contributed by atoms with van der Waals surface area (Å²) in [6, 6.07) is 14.3. The lowest BCUT2D eigenvalue weighted by atomic mass is 9.95. The first-order valence-corrected chi connectivity index (χ1v) is 11.9. The molecule has 0 fully saturated rings. The minimum Gasteiger partial charge on any atom is -0.486 e. The molecule has 0 bridgehead atoms. The Morgan fingerprint density at radius 2 is 1.77 bits per heavy atom. The molecule has 2 atom stereocenters. The molecule has 0 aromatic heterocycles. The molecule has 0 spiro atoms. The third-order valence-corrected chi connectivity index (χ3v) is 6.84. The molecule has 0 aliphatic carbocycles. The first kappa shape index (κ1) is 20.7. The van der Waals surface area contributed by atoms with Crippen LogP contribution in [0.25, 0.3) is 0 Å². The maximum absolute atomic E-state index is 13.4. The van der Waals surface area contributed by atoms with E-state index in [-0.39, 0.29) is 18.6 Å². The zero-order valence-electron chi connectivity index (χ0n) is 17.2. The first-order chi connectivity index (χ1) is 14.4. The highest BCUT2D eigenvalue weighted by molar-refractivity contribution is 7.88. The maximum Gasteiger partial charge on any atom is 0.241 e. The van der Waals surface area contributed by atoms with E-state index in [0.29, 0.717) is 37.6 Å². The summed E-state index contributed by atoms with van der Waals surface area (Å²) in [5.41, 5.74) is 1.95. The SMILES string of the molecule is CCN(CC1COc2ccccc2O1)C(=O)C1Cc2ccccc2CN1S(C)(=O)=O. The fourth-order valence-corrected chi connectivity index (χ4v) is 5.04. The van der Waals surface area contributed by atoms with Gasteiger partial charge in [0.1, 0.15) is 12.6 Å². The zero-order valence-corrected chi connectivity index (χ0v) is 18.0. The number of carbonyl (C=O) groups excluding carboxylic acids is 1. The normalized spacial score (nSPS) is 21.0. The van der Waals surface area contributed by atoms with Crippen LogP contribution in [0.15, 0.2) is 48.5 Å². The van der Waals surface area contributed by atoms with Crippen LogP contribution in [0, 0.1) is 0 Å². The Morgan fingerprint density at radius 3 is 2.47 bits per heavy atom. The smallest absolute Gasteiger partial charge is 0.241 e. The number of fused-ring (bicyclic) bond motifs is 2. The minimum atomic E-state index is -3.55. The second kappa shape index (κ2) is 8.28. The Hall–Kier alpha value is -2.58. The molecule has 0 radical (unpaired) electrons. The average molecular weight is 431 g/mol. The number of carbonyl (C=O) groups is 1. The van der Waals surface area contributed by atoms with Gasteiger partial charge in [-0.25, -0.2) is 8.42 Å². The predicted molar refractivity (Wildman–Crippen MR) is 113 cm³/mol. The predicted octanol–water partition coefficient (Wildman–Crippen LogP) is 2.06. The Morgan fingerprint density at radius 1 is 1.10 bits per heavy atom. The molecule has 30 heavy (non-hydrogen) atoms. The van der Waals surface area contributed by atoms with Crippen molar-refractivity contribution in [2.75, 3.05) is 26.0 Å². The van der Waals surface area contributed by atoms with Gasteiger partial charge in [0, 0.05) is 13.1 Å². The fourth-order valence-electron chi connectivity index (χ4n) is 4.04. The van der Waals surface area contributed by atoms with Gasteiger partial charge >= 0.3 is 0 Å². The van der Waals surface area contributed by atoms with E-state index in [0.717, 1.165) is 17.4 Å². The van der Waals surface area contributed by atoms with Crippen molar-refractivity contribution >= 4 is 15.9 Å². The van der Waals surface area contributed by atoms with Crippen molar-refractivity contribution < 1.29 is 22.7 Å². The van der Waals surface area contributed by atoms with Gasteiger partial charge in [-0.15, -0.1) is 0 Å². The molecule has 7 nitrogen and oxygen atoms in total. The Labute approximate surface area is 177 Å². The van der Waals surface area contributed by atoms with Gasteiger partial charge in [-0.2, -0.15) is 4.31 Å². The van der Waals surface area contributed by atoms with Crippen LogP contribution in [0.5, 0.6) is 11.5 Å². The number of ether oxygens (including phenoxy) is 2. The number of sulfonamides is 1. The Kier molecular flexibility index (Phi) is 5.71. The molecule has 2 aliphatic rings. The first-order valence-electron chi connectivity index (χ1n) is 10.1. The molecule has 2 aromatic carbocycles. The second-order valence-electron chi connectivity index (χ2n) is 7.67. The van der Waals surface area contributed by atoms with Crippen molar-refractivity contribution in [3.63, 3.8) is 0 Å². The van der Waals surface area contributed by atoms with Gasteiger partial charge in [-0.05, 0) is 36.6 Å². The van der Waals surface area contributed by atoms with Crippen LogP contribution in [0.1, 0.15) is 18.1 Å². The van der Waals surface area contributed by atoms with E-state index in [2.05, 4.69) is 0 Å². The van der Waals surface area contributed by atoms with E-state index < -0.39 is 16.1 Å². The molecule has 2 heterocycles. The van der Waals surface area contributed by atoms with Crippen LogP contribution in [0.4, 0.5) is 0 Å². The van der Waals surface area contributed by atoms with Gasteiger partial charge < -0.3 is 14.4 Å². The number of rotatable bonds is 5. The maximum atomic E-state index is 13.4. The third kappa shape index (κ3) is 4.15. The van der Waals surface area contributed by atoms with Crippen LogP contribution < -0.4 is 9.47 Å². The molecule has 2 aliphatic heterocycles. The third-order valence-electron chi connectivity index (χ3n) is 5.60. The zero-order chi connectivity index (χ0) is 21.3. The summed E-state index contributed by atoms with van der Waals surface area (Å²) >= 11 is 0. The standard InChI is InChI=1S/C22H26N2O5S/c1-3-23(14-18-15-28-20-10-6-7-11-21(20)29-18)22(25)19-12-16-8-4-5-9-17(16)13-24(19)30(2,26)27/h4-11,18-19H,3,12-15H2,1-2H3. The number of benzene rings is 2. The lowest BCUT2D eigenvalue weighted by Crippen LogP contribution is -2.55. The van der Waals surface area contributed by atoms with Crippen LogP contribution >= 0.6 is 0 Å². The van der Waals surface area contributed by atoms with E-state index in [1.54, 1.807) is 4.90 Å². The highest BCUT2D eigenvalue weighted by Crippen LogP contribution is 2.31. The number of nitrogens with zero attached hydrogens (tertiary/aromatic N) is 2. The number of amides is 1. The second-order valence-corrected chi connectivity index (χ2v) is 9.61. The Balaban J connectivity index is 1.53. The van der Waals surface area contributed by atoms with Crippen LogP contribution in [0.2, 0.25) is 0 Å². The van der Waals surface area contributed by atoms with Crippen LogP contribution in [0.3, 0.4) is 0 Å². The van der Waals surface area contributed by atoms with Crippen molar-refractivity contribution in [3.8, 4) is 11.5 Å². The van der Waals surface area contributed by atoms with Gasteiger partial charge in [0.15, 0.2) is 17.6 Å². The summed E-state index contributed by atoms with van der Waals surface area (Å²) < 4.78 is 38.0. The van der Waals surface area contributed by atoms with Crippen molar-refractivity contribution in [1.82, 2.24) is 9.21 Å². The largest absolute Gasteiger partial charge is 0.486 e. The quantitative estimate of drug-likeness (QED) is 0.726. The summed E-state index contributed by atoms with van der Waals surface area (Å²) in [5, 5.41) is 0. The van der Waals surface area contributed by atoms with Gasteiger partial charge in [-0.1, -0.05) is 36.4 Å². The molecule has 8 heteroatoms. The molecule has 0 saturated heterocycles. The van der Waals surface area contributed by atoms with Crippen molar-refractivity contribution in [2.45, 2.75) is 32.0 Å². The topological polar surface area (TPSA) is 76.2 Å². The van der Waals surface area contributed by atoms with Crippen LogP contribution in [-0.4, -0.2) is 61.6 Å². The number of para-hydroxylation sites is 2. The van der Waals surface area contributed by atoms with Gasteiger partial charge in [0.25, 0.3) is 0 Å². The minimum absolute atomic E-state index is 0.208. The summed E-state index contributed by atoms with van der Waals surface area (Å²) in [4.78, 5) is 15.1. The van der Waals surface area contributed by atoms with Gasteiger partial charge in [0.2, 0.25) is 15.9 Å². The molecular weight excluding hydrogens is 404 g/mol. The molecule has 0 saturated carbocycles. The van der Waals surface area contributed by atoms with E-state index in [1.165, 1.54) is 4.31 Å². The van der Waals surface area contributed by atoms with Crippen molar-refractivity contribution in [3.05, 3.63) is 59.7 Å². The summed E-state index contributed by atoms with van der Waals surface area (Å²) in [6.45, 7) is 3.22. The van der Waals surface area contributed by atoms with E-state index in [9.17, 15) is 13.2 Å². The van der Waals surface area contributed by atoms with Crippen molar-refractivity contribution in [2.24, 2.45) is 0 Å². The summed E-state index contributed by atoms with van der Waals surface area (Å²) in [5.74, 6) is 1.14. The number of hydrogen-bond acceptors (Lipinski definition) is 5. The average Bonchev–Trinajstić information content (AvgIpc) is 2.75. The van der Waals surface area contributed by atoms with E-state index >= 15 is 0 Å². The lowest BCUT2D eigenvalue weighted by molar-refractivity contribution is -0.137. The molecule has 160 valence electrons.